The molecule has 0 bridgehead atoms. The minimum absolute atomic E-state index is 0.296. The molecule has 2 aromatic rings. The number of aliphatic hydroxyl groups is 1. The fourth-order valence-electron chi connectivity index (χ4n) is 2.07. The summed E-state index contributed by atoms with van der Waals surface area (Å²) in [6.45, 7) is 3.62. The third-order valence-electron chi connectivity index (χ3n) is 3.23. The van der Waals surface area contributed by atoms with Gasteiger partial charge in [0.1, 0.15) is 5.82 Å². The highest BCUT2D eigenvalue weighted by molar-refractivity contribution is 6.31. The molecule has 0 aliphatic rings. The summed E-state index contributed by atoms with van der Waals surface area (Å²) < 4.78 is 13.2. The summed E-state index contributed by atoms with van der Waals surface area (Å²) in [6, 6.07) is 11.7. The maximum atomic E-state index is 13.2. The summed E-state index contributed by atoms with van der Waals surface area (Å²) in [5.74, 6) is -0.296. The van der Waals surface area contributed by atoms with Gasteiger partial charge < -0.3 is 5.11 Å². The highest BCUT2D eigenvalue weighted by atomic mass is 35.5. The van der Waals surface area contributed by atoms with Crippen molar-refractivity contribution in [3.63, 3.8) is 0 Å². The Balaban J connectivity index is 2.29. The smallest absolute Gasteiger partial charge is 0.123 e. The van der Waals surface area contributed by atoms with Gasteiger partial charge in [0, 0.05) is 11.4 Å². The summed E-state index contributed by atoms with van der Waals surface area (Å²) >= 11 is 6.08. The zero-order valence-corrected chi connectivity index (χ0v) is 11.7. The Kier molecular flexibility index (Phi) is 3.93. The van der Waals surface area contributed by atoms with Crippen LogP contribution >= 0.6 is 11.6 Å². The molecule has 0 spiro atoms. The van der Waals surface area contributed by atoms with Crippen LogP contribution in [0.1, 0.15) is 23.6 Å². The molecule has 1 unspecified atom stereocenters. The van der Waals surface area contributed by atoms with Gasteiger partial charge in [0.2, 0.25) is 0 Å². The first-order valence-corrected chi connectivity index (χ1v) is 6.50. The fraction of sp³-hybridized carbons (Fsp3) is 0.250. The van der Waals surface area contributed by atoms with Crippen LogP contribution in [-0.2, 0) is 12.0 Å². The highest BCUT2D eigenvalue weighted by Gasteiger charge is 2.24. The van der Waals surface area contributed by atoms with E-state index >= 15 is 0 Å². The Labute approximate surface area is 117 Å². The lowest BCUT2D eigenvalue weighted by molar-refractivity contribution is 0.0575. The second-order valence-corrected chi connectivity index (χ2v) is 5.45. The van der Waals surface area contributed by atoms with Crippen LogP contribution in [0, 0.1) is 12.7 Å². The molecule has 2 rings (SSSR count). The van der Waals surface area contributed by atoms with E-state index in [1.807, 2.05) is 19.1 Å². The first-order valence-electron chi connectivity index (χ1n) is 6.12. The maximum Gasteiger partial charge on any atom is 0.123 e. The largest absolute Gasteiger partial charge is 0.385 e. The SMILES string of the molecule is Cc1ccc(C(C)(O)Cc2cccc(F)c2)cc1Cl. The average Bonchev–Trinajstić information content (AvgIpc) is 2.32. The van der Waals surface area contributed by atoms with E-state index in [0.717, 1.165) is 16.7 Å². The van der Waals surface area contributed by atoms with Gasteiger partial charge in [-0.2, -0.15) is 0 Å². The molecule has 2 aromatic carbocycles. The van der Waals surface area contributed by atoms with Gasteiger partial charge in [-0.3, -0.25) is 0 Å². The molecule has 1 atom stereocenters. The highest BCUT2D eigenvalue weighted by Crippen LogP contribution is 2.28. The van der Waals surface area contributed by atoms with Crippen molar-refractivity contribution in [3.05, 3.63) is 70.0 Å². The number of hydrogen-bond donors (Lipinski definition) is 1. The number of rotatable bonds is 3. The molecule has 100 valence electrons. The van der Waals surface area contributed by atoms with Crippen molar-refractivity contribution in [1.29, 1.82) is 0 Å². The Morgan fingerprint density at radius 3 is 2.58 bits per heavy atom. The Hall–Kier alpha value is -1.38. The van der Waals surface area contributed by atoms with Crippen LogP contribution in [0.2, 0.25) is 5.02 Å². The molecule has 0 aliphatic carbocycles. The molecule has 19 heavy (non-hydrogen) atoms. The van der Waals surface area contributed by atoms with Gasteiger partial charge in [-0.1, -0.05) is 35.9 Å². The summed E-state index contributed by atoms with van der Waals surface area (Å²) in [6.07, 6.45) is 0.337. The molecule has 0 aliphatic heterocycles. The summed E-state index contributed by atoms with van der Waals surface area (Å²) in [5, 5.41) is 11.2. The van der Waals surface area contributed by atoms with E-state index < -0.39 is 5.60 Å². The lowest BCUT2D eigenvalue weighted by Gasteiger charge is -2.24. The van der Waals surface area contributed by atoms with Crippen molar-refractivity contribution in [3.8, 4) is 0 Å². The normalized spacial score (nSPS) is 14.2. The number of hydrogen-bond acceptors (Lipinski definition) is 1. The number of benzene rings is 2. The van der Waals surface area contributed by atoms with Gasteiger partial charge in [0.15, 0.2) is 0 Å². The molecule has 0 radical (unpaired) electrons. The summed E-state index contributed by atoms with van der Waals surface area (Å²) in [7, 11) is 0. The third kappa shape index (κ3) is 3.34. The average molecular weight is 279 g/mol. The molecule has 1 nitrogen and oxygen atoms in total. The van der Waals surface area contributed by atoms with Gasteiger partial charge >= 0.3 is 0 Å². The molecule has 0 amide bonds. The molecule has 0 saturated heterocycles. The zero-order chi connectivity index (χ0) is 14.0. The van der Waals surface area contributed by atoms with Gasteiger partial charge in [0.05, 0.1) is 5.60 Å². The topological polar surface area (TPSA) is 20.2 Å². The van der Waals surface area contributed by atoms with E-state index in [9.17, 15) is 9.50 Å². The van der Waals surface area contributed by atoms with E-state index in [2.05, 4.69) is 0 Å². The molecule has 0 fully saturated rings. The lowest BCUT2D eigenvalue weighted by Crippen LogP contribution is -2.24. The number of halogens is 2. The van der Waals surface area contributed by atoms with Crippen LogP contribution in [0.25, 0.3) is 0 Å². The molecule has 0 saturated carbocycles. The summed E-state index contributed by atoms with van der Waals surface area (Å²) in [5.41, 5.74) is 1.37. The molecular weight excluding hydrogens is 263 g/mol. The van der Waals surface area contributed by atoms with Gasteiger partial charge in [-0.05, 0) is 48.7 Å². The minimum Gasteiger partial charge on any atom is -0.385 e. The van der Waals surface area contributed by atoms with E-state index in [-0.39, 0.29) is 5.82 Å². The van der Waals surface area contributed by atoms with E-state index in [4.69, 9.17) is 11.6 Å². The van der Waals surface area contributed by atoms with Crippen LogP contribution in [0.15, 0.2) is 42.5 Å². The number of aryl methyl sites for hydroxylation is 1. The first kappa shape index (κ1) is 14.0. The van der Waals surface area contributed by atoms with Crippen molar-refractivity contribution < 1.29 is 9.50 Å². The van der Waals surface area contributed by atoms with Crippen LogP contribution in [0.4, 0.5) is 4.39 Å². The monoisotopic (exact) mass is 278 g/mol. The van der Waals surface area contributed by atoms with E-state index in [1.165, 1.54) is 12.1 Å². The minimum atomic E-state index is -1.08. The van der Waals surface area contributed by atoms with E-state index in [1.54, 1.807) is 25.1 Å². The van der Waals surface area contributed by atoms with Crippen LogP contribution < -0.4 is 0 Å². The van der Waals surface area contributed by atoms with Crippen molar-refractivity contribution >= 4 is 11.6 Å². The summed E-state index contributed by atoms with van der Waals surface area (Å²) in [4.78, 5) is 0. The zero-order valence-electron chi connectivity index (χ0n) is 11.0. The second kappa shape index (κ2) is 5.32. The third-order valence-corrected chi connectivity index (χ3v) is 3.64. The fourth-order valence-corrected chi connectivity index (χ4v) is 2.25. The second-order valence-electron chi connectivity index (χ2n) is 5.04. The van der Waals surface area contributed by atoms with Gasteiger partial charge in [-0.15, -0.1) is 0 Å². The molecule has 0 heterocycles. The molecule has 1 N–H and O–H groups in total. The quantitative estimate of drug-likeness (QED) is 0.890. The van der Waals surface area contributed by atoms with Crippen molar-refractivity contribution in [1.82, 2.24) is 0 Å². The first-order chi connectivity index (χ1) is 8.88. The Morgan fingerprint density at radius 2 is 1.95 bits per heavy atom. The Morgan fingerprint density at radius 1 is 1.21 bits per heavy atom. The van der Waals surface area contributed by atoms with Crippen molar-refractivity contribution in [2.75, 3.05) is 0 Å². The predicted octanol–water partition coefficient (Wildman–Crippen LogP) is 4.24. The standard InChI is InChI=1S/C16H16ClFO/c1-11-6-7-13(9-15(11)17)16(2,19)10-12-4-3-5-14(18)8-12/h3-9,19H,10H2,1-2H3. The Bertz CT molecular complexity index is 593. The molecular formula is C16H16ClFO. The van der Waals surface area contributed by atoms with Gasteiger partial charge in [0.25, 0.3) is 0 Å². The molecule has 0 aromatic heterocycles. The van der Waals surface area contributed by atoms with E-state index in [0.29, 0.717) is 11.4 Å². The van der Waals surface area contributed by atoms with Crippen molar-refractivity contribution in [2.45, 2.75) is 25.9 Å². The molecule has 3 heteroatoms. The predicted molar refractivity (Wildman–Crippen MR) is 75.9 cm³/mol. The van der Waals surface area contributed by atoms with Crippen LogP contribution in [0.3, 0.4) is 0 Å². The van der Waals surface area contributed by atoms with Gasteiger partial charge in [-0.25, -0.2) is 4.39 Å². The van der Waals surface area contributed by atoms with Crippen molar-refractivity contribution in [2.24, 2.45) is 0 Å². The lowest BCUT2D eigenvalue weighted by atomic mass is 9.88. The van der Waals surface area contributed by atoms with Crippen LogP contribution in [-0.4, -0.2) is 5.11 Å². The van der Waals surface area contributed by atoms with Crippen LogP contribution in [0.5, 0.6) is 0 Å². The maximum absolute atomic E-state index is 13.2.